The number of aliphatic imine (C=N–C) groups is 1. The quantitative estimate of drug-likeness (QED) is 0.328. The van der Waals surface area contributed by atoms with Gasteiger partial charge in [-0.15, -0.1) is 24.0 Å². The van der Waals surface area contributed by atoms with Crippen molar-refractivity contribution in [3.05, 3.63) is 71.3 Å². The number of guanidine groups is 1. The molecule has 0 spiro atoms. The van der Waals surface area contributed by atoms with Crippen molar-refractivity contribution >= 4 is 29.9 Å². The van der Waals surface area contributed by atoms with Crippen LogP contribution in [0.3, 0.4) is 0 Å². The van der Waals surface area contributed by atoms with Crippen LogP contribution in [0, 0.1) is 11.6 Å². The van der Waals surface area contributed by atoms with Crippen LogP contribution >= 0.6 is 24.0 Å². The molecule has 26 heavy (non-hydrogen) atoms. The predicted molar refractivity (Wildman–Crippen MR) is 111 cm³/mol. The zero-order valence-electron chi connectivity index (χ0n) is 14.6. The molecule has 0 aliphatic rings. The van der Waals surface area contributed by atoms with Crippen LogP contribution in [0.4, 0.5) is 8.78 Å². The number of rotatable bonds is 7. The predicted octanol–water partition coefficient (Wildman–Crippen LogP) is 3.07. The topological polar surface area (TPSA) is 56.7 Å². The minimum atomic E-state index is -0.581. The Bertz CT molecular complexity index is 698. The van der Waals surface area contributed by atoms with E-state index in [0.29, 0.717) is 31.0 Å². The number of benzene rings is 2. The lowest BCUT2D eigenvalue weighted by molar-refractivity contribution is 0.265. The van der Waals surface area contributed by atoms with Crippen molar-refractivity contribution in [2.75, 3.05) is 26.7 Å². The summed E-state index contributed by atoms with van der Waals surface area (Å²) in [6.45, 7) is 0.997. The molecule has 1 atom stereocenters. The Labute approximate surface area is 169 Å². The summed E-state index contributed by atoms with van der Waals surface area (Å²) in [4.78, 5) is 4.11. The van der Waals surface area contributed by atoms with Crippen molar-refractivity contribution in [3.63, 3.8) is 0 Å². The van der Waals surface area contributed by atoms with Crippen LogP contribution in [-0.4, -0.2) is 37.8 Å². The fourth-order valence-corrected chi connectivity index (χ4v) is 2.49. The van der Waals surface area contributed by atoms with Crippen LogP contribution < -0.4 is 10.6 Å². The molecule has 4 nitrogen and oxygen atoms in total. The summed E-state index contributed by atoms with van der Waals surface area (Å²) in [6, 6.07) is 13.3. The molecule has 0 fully saturated rings. The highest BCUT2D eigenvalue weighted by molar-refractivity contribution is 14.0. The molecule has 0 aromatic heterocycles. The van der Waals surface area contributed by atoms with Crippen molar-refractivity contribution < 1.29 is 13.9 Å². The molecule has 7 heteroatoms. The lowest BCUT2D eigenvalue weighted by Crippen LogP contribution is -2.40. The lowest BCUT2D eigenvalue weighted by atomic mass is 10.0. The third-order valence-corrected chi connectivity index (χ3v) is 3.93. The van der Waals surface area contributed by atoms with Crippen LogP contribution in [-0.2, 0) is 6.42 Å². The maximum Gasteiger partial charge on any atom is 0.191 e. The van der Waals surface area contributed by atoms with Gasteiger partial charge in [0, 0.05) is 32.1 Å². The zero-order valence-corrected chi connectivity index (χ0v) is 16.9. The average Bonchev–Trinajstić information content (AvgIpc) is 2.63. The van der Waals surface area contributed by atoms with Crippen LogP contribution in [0.5, 0.6) is 0 Å². The maximum absolute atomic E-state index is 13.6. The number of halogens is 3. The number of hydrogen-bond donors (Lipinski definition) is 3. The van der Waals surface area contributed by atoms with E-state index >= 15 is 0 Å². The summed E-state index contributed by atoms with van der Waals surface area (Å²) in [5.41, 5.74) is 1.49. The highest BCUT2D eigenvalue weighted by atomic mass is 127. The molecule has 0 bridgehead atoms. The molecular weight excluding hydrogens is 451 g/mol. The van der Waals surface area contributed by atoms with Gasteiger partial charge in [-0.05, 0) is 23.6 Å². The van der Waals surface area contributed by atoms with Gasteiger partial charge in [0.15, 0.2) is 5.96 Å². The second-order valence-electron chi connectivity index (χ2n) is 5.66. The highest BCUT2D eigenvalue weighted by Gasteiger charge is 2.11. The van der Waals surface area contributed by atoms with E-state index in [0.717, 1.165) is 11.6 Å². The SMILES string of the molecule is CN=C(NCCc1ccc(F)cc1F)NCC(CO)c1ccccc1.I. The van der Waals surface area contributed by atoms with E-state index in [1.54, 1.807) is 7.05 Å². The van der Waals surface area contributed by atoms with Crippen molar-refractivity contribution in [1.29, 1.82) is 0 Å². The van der Waals surface area contributed by atoms with Crippen LogP contribution in [0.2, 0.25) is 0 Å². The van der Waals surface area contributed by atoms with Gasteiger partial charge in [-0.1, -0.05) is 36.4 Å². The van der Waals surface area contributed by atoms with E-state index in [1.165, 1.54) is 12.1 Å². The lowest BCUT2D eigenvalue weighted by Gasteiger charge is -2.18. The van der Waals surface area contributed by atoms with E-state index in [-0.39, 0.29) is 36.5 Å². The Hall–Kier alpha value is -1.74. The minimum Gasteiger partial charge on any atom is -0.396 e. The molecule has 0 aliphatic carbocycles. The molecule has 0 radical (unpaired) electrons. The first kappa shape index (κ1) is 22.3. The van der Waals surface area contributed by atoms with Gasteiger partial charge >= 0.3 is 0 Å². The number of aliphatic hydroxyl groups excluding tert-OH is 1. The zero-order chi connectivity index (χ0) is 18.1. The van der Waals surface area contributed by atoms with Gasteiger partial charge < -0.3 is 15.7 Å². The van der Waals surface area contributed by atoms with Gasteiger partial charge in [0.05, 0.1) is 6.61 Å². The molecule has 2 aromatic rings. The summed E-state index contributed by atoms with van der Waals surface area (Å²) in [5, 5.41) is 15.8. The van der Waals surface area contributed by atoms with Crippen LogP contribution in [0.25, 0.3) is 0 Å². The first-order valence-electron chi connectivity index (χ1n) is 8.18. The molecular formula is C19H24F2IN3O. The number of hydrogen-bond acceptors (Lipinski definition) is 2. The van der Waals surface area contributed by atoms with Crippen molar-refractivity contribution in [2.24, 2.45) is 4.99 Å². The smallest absolute Gasteiger partial charge is 0.191 e. The van der Waals surface area contributed by atoms with Gasteiger partial charge in [0.2, 0.25) is 0 Å². The van der Waals surface area contributed by atoms with E-state index in [1.807, 2.05) is 30.3 Å². The maximum atomic E-state index is 13.6. The standard InChI is InChI=1S/C19H23F2N3O.HI/c1-22-19(23-10-9-15-7-8-17(20)11-18(15)21)24-12-16(13-25)14-5-3-2-4-6-14;/h2-8,11,16,25H,9-10,12-13H2,1H3,(H2,22,23,24);1H. The van der Waals surface area contributed by atoms with Gasteiger partial charge in [-0.25, -0.2) is 8.78 Å². The highest BCUT2D eigenvalue weighted by Crippen LogP contribution is 2.13. The van der Waals surface area contributed by atoms with Crippen LogP contribution in [0.15, 0.2) is 53.5 Å². The van der Waals surface area contributed by atoms with Crippen molar-refractivity contribution in [2.45, 2.75) is 12.3 Å². The molecule has 0 amide bonds. The Morgan fingerprint density at radius 1 is 1.12 bits per heavy atom. The molecule has 3 N–H and O–H groups in total. The fraction of sp³-hybridized carbons (Fsp3) is 0.316. The number of nitrogens with one attached hydrogen (secondary N) is 2. The second-order valence-corrected chi connectivity index (χ2v) is 5.66. The van der Waals surface area contributed by atoms with E-state index in [2.05, 4.69) is 15.6 Å². The molecule has 1 unspecified atom stereocenters. The summed E-state index contributed by atoms with van der Waals surface area (Å²) < 4.78 is 26.5. The fourth-order valence-electron chi connectivity index (χ4n) is 2.49. The first-order valence-corrected chi connectivity index (χ1v) is 8.18. The van der Waals surface area contributed by atoms with Gasteiger partial charge in [0.1, 0.15) is 11.6 Å². The van der Waals surface area contributed by atoms with Gasteiger partial charge in [0.25, 0.3) is 0 Å². The Morgan fingerprint density at radius 3 is 2.46 bits per heavy atom. The van der Waals surface area contributed by atoms with Crippen molar-refractivity contribution in [3.8, 4) is 0 Å². The summed E-state index contributed by atoms with van der Waals surface area (Å²) in [6.07, 6.45) is 0.412. The molecule has 0 saturated heterocycles. The van der Waals surface area contributed by atoms with Gasteiger partial charge in [-0.3, -0.25) is 4.99 Å². The number of nitrogens with zero attached hydrogens (tertiary/aromatic N) is 1. The Balaban J connectivity index is 0.00000338. The third-order valence-electron chi connectivity index (χ3n) is 3.93. The number of aliphatic hydroxyl groups is 1. The van der Waals surface area contributed by atoms with E-state index in [9.17, 15) is 13.9 Å². The molecule has 2 rings (SSSR count). The minimum absolute atomic E-state index is 0. The molecule has 0 saturated carbocycles. The molecule has 0 heterocycles. The summed E-state index contributed by atoms with van der Waals surface area (Å²) in [5.74, 6) is -0.608. The van der Waals surface area contributed by atoms with E-state index in [4.69, 9.17) is 0 Å². The average molecular weight is 475 g/mol. The normalized spacial score (nSPS) is 12.2. The van der Waals surface area contributed by atoms with Gasteiger partial charge in [-0.2, -0.15) is 0 Å². The monoisotopic (exact) mass is 475 g/mol. The second kappa shape index (κ2) is 11.8. The Kier molecular flexibility index (Phi) is 10.1. The summed E-state index contributed by atoms with van der Waals surface area (Å²) >= 11 is 0. The van der Waals surface area contributed by atoms with E-state index < -0.39 is 11.6 Å². The third kappa shape index (κ3) is 6.87. The molecule has 2 aromatic carbocycles. The molecule has 142 valence electrons. The summed E-state index contributed by atoms with van der Waals surface area (Å²) in [7, 11) is 1.64. The largest absolute Gasteiger partial charge is 0.396 e. The van der Waals surface area contributed by atoms with Crippen LogP contribution in [0.1, 0.15) is 17.0 Å². The van der Waals surface area contributed by atoms with Crippen molar-refractivity contribution in [1.82, 2.24) is 10.6 Å². The Morgan fingerprint density at radius 2 is 1.85 bits per heavy atom. The first-order chi connectivity index (χ1) is 12.1. The molecule has 0 aliphatic heterocycles.